The second kappa shape index (κ2) is 8.69. The van der Waals surface area contributed by atoms with Crippen LogP contribution in [0.25, 0.3) is 0 Å². The lowest BCUT2D eigenvalue weighted by Crippen LogP contribution is -2.31. The minimum atomic E-state index is -1.05. The molecule has 1 amide bonds. The molecule has 2 aromatic rings. The first-order chi connectivity index (χ1) is 11.8. The summed E-state index contributed by atoms with van der Waals surface area (Å²) >= 11 is 11.7. The molecular formula is C17H14Cl2FNO4. The Morgan fingerprint density at radius 3 is 2.48 bits per heavy atom. The van der Waals surface area contributed by atoms with Gasteiger partial charge in [-0.25, -0.2) is 9.18 Å². The molecule has 0 heterocycles. The minimum Gasteiger partial charge on any atom is -0.480 e. The number of halogens is 3. The first-order valence-corrected chi connectivity index (χ1v) is 7.94. The van der Waals surface area contributed by atoms with Crippen molar-refractivity contribution in [2.45, 2.75) is 13.0 Å². The van der Waals surface area contributed by atoms with Gasteiger partial charge in [0.15, 0.2) is 12.7 Å². The molecule has 5 nitrogen and oxygen atoms in total. The average molecular weight is 386 g/mol. The molecule has 0 spiro atoms. The van der Waals surface area contributed by atoms with Gasteiger partial charge in [0.2, 0.25) is 0 Å². The van der Waals surface area contributed by atoms with E-state index in [1.54, 1.807) is 6.07 Å². The minimum absolute atomic E-state index is 0.252. The predicted molar refractivity (Wildman–Crippen MR) is 92.5 cm³/mol. The van der Waals surface area contributed by atoms with Crippen molar-refractivity contribution in [3.63, 3.8) is 0 Å². The summed E-state index contributed by atoms with van der Waals surface area (Å²) in [5.41, 5.74) is 0.387. The van der Waals surface area contributed by atoms with E-state index in [4.69, 9.17) is 32.7 Å². The van der Waals surface area contributed by atoms with Crippen LogP contribution in [0.5, 0.6) is 5.75 Å². The van der Waals surface area contributed by atoms with Crippen molar-refractivity contribution < 1.29 is 23.5 Å². The molecule has 1 atom stereocenters. The molecule has 0 unspecified atom stereocenters. The van der Waals surface area contributed by atoms with Crippen LogP contribution >= 0.6 is 23.2 Å². The summed E-state index contributed by atoms with van der Waals surface area (Å²) in [6, 6.07) is 9.75. The number of amides is 1. The van der Waals surface area contributed by atoms with Gasteiger partial charge < -0.3 is 14.8 Å². The third-order valence-corrected chi connectivity index (χ3v) is 3.56. The Kier molecular flexibility index (Phi) is 6.61. The Hall–Kier alpha value is -2.31. The molecule has 8 heteroatoms. The monoisotopic (exact) mass is 385 g/mol. The number of hydrogen-bond acceptors (Lipinski definition) is 4. The molecule has 0 aromatic heterocycles. The fourth-order valence-electron chi connectivity index (χ4n) is 1.79. The summed E-state index contributed by atoms with van der Waals surface area (Å²) in [6.07, 6.45) is -1.05. The maximum atomic E-state index is 12.8. The average Bonchev–Trinajstić information content (AvgIpc) is 2.56. The van der Waals surface area contributed by atoms with E-state index in [0.717, 1.165) is 0 Å². The Balaban J connectivity index is 1.82. The number of nitrogens with one attached hydrogen (secondary N) is 1. The van der Waals surface area contributed by atoms with Crippen LogP contribution in [-0.4, -0.2) is 24.6 Å². The van der Waals surface area contributed by atoms with Crippen LogP contribution in [0.4, 0.5) is 10.1 Å². The van der Waals surface area contributed by atoms with Gasteiger partial charge in [0.05, 0.1) is 5.02 Å². The van der Waals surface area contributed by atoms with Gasteiger partial charge in [0, 0.05) is 10.7 Å². The summed E-state index contributed by atoms with van der Waals surface area (Å²) in [5.74, 6) is -1.45. The van der Waals surface area contributed by atoms with E-state index < -0.39 is 30.4 Å². The first kappa shape index (κ1) is 19.0. The van der Waals surface area contributed by atoms with Gasteiger partial charge in [-0.2, -0.15) is 0 Å². The van der Waals surface area contributed by atoms with Crippen molar-refractivity contribution >= 4 is 40.8 Å². The van der Waals surface area contributed by atoms with Gasteiger partial charge in [-0.1, -0.05) is 23.2 Å². The predicted octanol–water partition coefficient (Wildman–Crippen LogP) is 4.08. The second-order valence-electron chi connectivity index (χ2n) is 4.99. The Morgan fingerprint density at radius 2 is 1.84 bits per heavy atom. The summed E-state index contributed by atoms with van der Waals surface area (Å²) in [5, 5.41) is 3.19. The molecule has 0 aliphatic rings. The van der Waals surface area contributed by atoms with Crippen LogP contribution in [0.3, 0.4) is 0 Å². The third kappa shape index (κ3) is 5.92. The fraction of sp³-hybridized carbons (Fsp3) is 0.176. The highest BCUT2D eigenvalue weighted by Gasteiger charge is 2.18. The number of hydrogen-bond donors (Lipinski definition) is 1. The normalized spacial score (nSPS) is 11.5. The van der Waals surface area contributed by atoms with E-state index in [2.05, 4.69) is 5.32 Å². The molecule has 0 aliphatic carbocycles. The van der Waals surface area contributed by atoms with Gasteiger partial charge in [-0.05, 0) is 49.4 Å². The Labute approximate surface area is 153 Å². The molecule has 1 N–H and O–H groups in total. The molecule has 0 aliphatic heterocycles. The van der Waals surface area contributed by atoms with E-state index in [9.17, 15) is 14.0 Å². The summed E-state index contributed by atoms with van der Waals surface area (Å²) in [7, 11) is 0. The standard InChI is InChI=1S/C17H14Cl2FNO4/c1-10(17(23)21-13-5-3-12(20)4-6-13)25-16(22)9-24-15-7-2-11(18)8-14(15)19/h2-8,10H,9H2,1H3,(H,21,23)/t10-/m1/s1. The Bertz CT molecular complexity index is 768. The number of rotatable bonds is 6. The van der Waals surface area contributed by atoms with Crippen LogP contribution in [0.15, 0.2) is 42.5 Å². The summed E-state index contributed by atoms with van der Waals surface area (Å²) in [6.45, 7) is 0.988. The van der Waals surface area contributed by atoms with Crippen molar-refractivity contribution in [3.8, 4) is 5.75 Å². The molecule has 2 rings (SSSR count). The molecular weight excluding hydrogens is 372 g/mol. The van der Waals surface area contributed by atoms with E-state index in [1.165, 1.54) is 43.3 Å². The molecule has 132 valence electrons. The number of carbonyl (C=O) groups is 2. The number of ether oxygens (including phenoxy) is 2. The molecule has 0 radical (unpaired) electrons. The highest BCUT2D eigenvalue weighted by Crippen LogP contribution is 2.27. The van der Waals surface area contributed by atoms with Crippen molar-refractivity contribution in [2.75, 3.05) is 11.9 Å². The quantitative estimate of drug-likeness (QED) is 0.760. The van der Waals surface area contributed by atoms with E-state index >= 15 is 0 Å². The smallest absolute Gasteiger partial charge is 0.344 e. The van der Waals surface area contributed by atoms with Crippen LogP contribution < -0.4 is 10.1 Å². The van der Waals surface area contributed by atoms with Gasteiger partial charge in [0.25, 0.3) is 5.91 Å². The van der Waals surface area contributed by atoms with Crippen LogP contribution in [0, 0.1) is 5.82 Å². The Morgan fingerprint density at radius 1 is 1.16 bits per heavy atom. The maximum Gasteiger partial charge on any atom is 0.344 e. The van der Waals surface area contributed by atoms with Gasteiger partial charge in [0.1, 0.15) is 11.6 Å². The molecule has 0 fully saturated rings. The number of esters is 1. The van der Waals surface area contributed by atoms with Crippen molar-refractivity contribution in [1.29, 1.82) is 0 Å². The van der Waals surface area contributed by atoms with E-state index in [0.29, 0.717) is 10.7 Å². The fourth-order valence-corrected chi connectivity index (χ4v) is 2.25. The lowest BCUT2D eigenvalue weighted by molar-refractivity contribution is -0.155. The number of anilines is 1. The third-order valence-electron chi connectivity index (χ3n) is 3.03. The van der Waals surface area contributed by atoms with Gasteiger partial charge in [-0.15, -0.1) is 0 Å². The lowest BCUT2D eigenvalue weighted by atomic mass is 10.3. The van der Waals surface area contributed by atoms with Crippen molar-refractivity contribution in [1.82, 2.24) is 0 Å². The highest BCUT2D eigenvalue weighted by atomic mass is 35.5. The van der Waals surface area contributed by atoms with Crippen molar-refractivity contribution in [2.24, 2.45) is 0 Å². The lowest BCUT2D eigenvalue weighted by Gasteiger charge is -2.14. The molecule has 25 heavy (non-hydrogen) atoms. The van der Waals surface area contributed by atoms with Gasteiger partial charge >= 0.3 is 5.97 Å². The van der Waals surface area contributed by atoms with E-state index in [-0.39, 0.29) is 10.8 Å². The van der Waals surface area contributed by atoms with Crippen LogP contribution in [0.2, 0.25) is 10.0 Å². The molecule has 2 aromatic carbocycles. The van der Waals surface area contributed by atoms with E-state index in [1.807, 2.05) is 0 Å². The van der Waals surface area contributed by atoms with Crippen molar-refractivity contribution in [3.05, 3.63) is 58.3 Å². The molecule has 0 saturated heterocycles. The maximum absolute atomic E-state index is 12.8. The first-order valence-electron chi connectivity index (χ1n) is 7.19. The number of benzene rings is 2. The summed E-state index contributed by atoms with van der Waals surface area (Å²) in [4.78, 5) is 23.7. The SMILES string of the molecule is C[C@@H](OC(=O)COc1ccc(Cl)cc1Cl)C(=O)Nc1ccc(F)cc1. The largest absolute Gasteiger partial charge is 0.480 e. The van der Waals surface area contributed by atoms with Gasteiger partial charge in [-0.3, -0.25) is 4.79 Å². The van der Waals surface area contributed by atoms with Crippen LogP contribution in [-0.2, 0) is 14.3 Å². The second-order valence-corrected chi connectivity index (χ2v) is 5.84. The zero-order valence-electron chi connectivity index (χ0n) is 13.1. The number of carbonyl (C=O) groups excluding carboxylic acids is 2. The highest BCUT2D eigenvalue weighted by molar-refractivity contribution is 6.35. The molecule has 0 bridgehead atoms. The topological polar surface area (TPSA) is 64.6 Å². The zero-order chi connectivity index (χ0) is 18.4. The van der Waals surface area contributed by atoms with Crippen LogP contribution in [0.1, 0.15) is 6.92 Å². The zero-order valence-corrected chi connectivity index (χ0v) is 14.6. The summed E-state index contributed by atoms with van der Waals surface area (Å²) < 4.78 is 23.0. The molecule has 0 saturated carbocycles.